The van der Waals surface area contributed by atoms with E-state index in [0.29, 0.717) is 26.9 Å². The largest absolute Gasteiger partial charge is 0.323 e. The molecule has 20 heavy (non-hydrogen) atoms. The van der Waals surface area contributed by atoms with Gasteiger partial charge in [-0.1, -0.05) is 0 Å². The first-order valence-corrected chi connectivity index (χ1v) is 6.57. The van der Waals surface area contributed by atoms with Crippen LogP contribution in [-0.4, -0.2) is 20.9 Å². The molecule has 0 spiro atoms. The summed E-state index contributed by atoms with van der Waals surface area (Å²) >= 11 is 3.23. The Kier molecular flexibility index (Phi) is 3.11. The second kappa shape index (κ2) is 4.93. The number of nitrogens with one attached hydrogen (secondary N) is 3. The van der Waals surface area contributed by atoms with E-state index < -0.39 is 0 Å². The third kappa shape index (κ3) is 2.35. The Morgan fingerprint density at radius 2 is 2.00 bits per heavy atom. The van der Waals surface area contributed by atoms with Crippen LogP contribution in [0, 0.1) is 0 Å². The number of amides is 1. The maximum absolute atomic E-state index is 12.1. The minimum absolute atomic E-state index is 0.276. The molecule has 0 atom stereocenters. The monoisotopic (exact) mass is 332 g/mol. The first kappa shape index (κ1) is 12.6. The molecule has 1 aromatic carbocycles. The van der Waals surface area contributed by atoms with Crippen LogP contribution in [0.25, 0.3) is 11.0 Å². The van der Waals surface area contributed by atoms with Gasteiger partial charge in [0.2, 0.25) is 0 Å². The molecule has 0 saturated carbocycles. The molecular weight excluding hydrogens is 324 g/mol. The fraction of sp³-hybridized carbons (Fsp3) is 0. The lowest BCUT2D eigenvalue weighted by molar-refractivity contribution is 0.102. The van der Waals surface area contributed by atoms with E-state index in [4.69, 9.17) is 0 Å². The van der Waals surface area contributed by atoms with Crippen molar-refractivity contribution in [1.82, 2.24) is 15.0 Å². The Hall–Kier alpha value is -2.41. The lowest BCUT2D eigenvalue weighted by atomic mass is 10.2. The molecule has 0 aliphatic heterocycles. The van der Waals surface area contributed by atoms with Gasteiger partial charge in [0.05, 0.1) is 16.6 Å². The van der Waals surface area contributed by atoms with E-state index in [1.54, 1.807) is 36.5 Å². The molecule has 0 unspecified atom stereocenters. The SMILES string of the molecule is O=C(Nc1ccc2[nH]c(=O)[nH]c2c1)c1cccnc1Br. The number of anilines is 1. The summed E-state index contributed by atoms with van der Waals surface area (Å²) in [6.45, 7) is 0. The molecule has 3 aromatic rings. The summed E-state index contributed by atoms with van der Waals surface area (Å²) < 4.78 is 0.480. The number of carbonyl (C=O) groups is 1. The van der Waals surface area contributed by atoms with Crippen molar-refractivity contribution >= 4 is 38.6 Å². The number of rotatable bonds is 2. The molecule has 3 N–H and O–H groups in total. The summed E-state index contributed by atoms with van der Waals surface area (Å²) in [5, 5.41) is 2.76. The highest BCUT2D eigenvalue weighted by Gasteiger charge is 2.11. The van der Waals surface area contributed by atoms with Gasteiger partial charge in [-0.15, -0.1) is 0 Å². The zero-order valence-electron chi connectivity index (χ0n) is 10.1. The molecule has 0 aliphatic rings. The van der Waals surface area contributed by atoms with Gasteiger partial charge in [0.25, 0.3) is 5.91 Å². The van der Waals surface area contributed by atoms with Crippen LogP contribution < -0.4 is 11.0 Å². The van der Waals surface area contributed by atoms with Crippen molar-refractivity contribution in [3.63, 3.8) is 0 Å². The van der Waals surface area contributed by atoms with Crippen LogP contribution in [0.2, 0.25) is 0 Å². The molecule has 2 aromatic heterocycles. The Labute approximate surface area is 121 Å². The molecule has 0 aliphatic carbocycles. The van der Waals surface area contributed by atoms with Gasteiger partial charge in [0.15, 0.2) is 0 Å². The first-order chi connectivity index (χ1) is 9.63. The topological polar surface area (TPSA) is 90.6 Å². The van der Waals surface area contributed by atoms with E-state index in [0.717, 1.165) is 0 Å². The zero-order valence-corrected chi connectivity index (χ0v) is 11.7. The van der Waals surface area contributed by atoms with Gasteiger partial charge in [-0.25, -0.2) is 9.78 Å². The predicted molar refractivity (Wildman–Crippen MR) is 78.8 cm³/mol. The number of halogens is 1. The van der Waals surface area contributed by atoms with Gasteiger partial charge in [-0.3, -0.25) is 4.79 Å². The number of H-pyrrole nitrogens is 2. The minimum Gasteiger partial charge on any atom is -0.322 e. The van der Waals surface area contributed by atoms with Crippen LogP contribution in [0.5, 0.6) is 0 Å². The van der Waals surface area contributed by atoms with E-state index >= 15 is 0 Å². The zero-order chi connectivity index (χ0) is 14.1. The van der Waals surface area contributed by atoms with Crippen LogP contribution in [0.3, 0.4) is 0 Å². The molecule has 1 amide bonds. The molecule has 3 rings (SSSR count). The summed E-state index contributed by atoms with van der Waals surface area (Å²) in [5.41, 5.74) is 2.08. The molecule has 0 bridgehead atoms. The van der Waals surface area contributed by atoms with E-state index in [2.05, 4.69) is 36.2 Å². The van der Waals surface area contributed by atoms with Gasteiger partial charge in [-0.05, 0) is 46.3 Å². The molecule has 0 radical (unpaired) electrons. The fourth-order valence-corrected chi connectivity index (χ4v) is 2.29. The van der Waals surface area contributed by atoms with Crippen molar-refractivity contribution in [2.24, 2.45) is 0 Å². The van der Waals surface area contributed by atoms with Crippen molar-refractivity contribution in [3.05, 3.63) is 57.2 Å². The van der Waals surface area contributed by atoms with E-state index in [1.165, 1.54) is 0 Å². The molecule has 2 heterocycles. The molecule has 7 heteroatoms. The van der Waals surface area contributed by atoms with Crippen LogP contribution in [0.1, 0.15) is 10.4 Å². The Morgan fingerprint density at radius 1 is 1.20 bits per heavy atom. The van der Waals surface area contributed by atoms with Crippen molar-refractivity contribution in [1.29, 1.82) is 0 Å². The number of fused-ring (bicyclic) bond motifs is 1. The van der Waals surface area contributed by atoms with Gasteiger partial charge in [0.1, 0.15) is 4.60 Å². The third-order valence-electron chi connectivity index (χ3n) is 2.78. The average Bonchev–Trinajstić information content (AvgIpc) is 2.78. The Balaban J connectivity index is 1.91. The minimum atomic E-state index is -0.279. The average molecular weight is 333 g/mol. The van der Waals surface area contributed by atoms with Gasteiger partial charge in [0, 0.05) is 11.9 Å². The lowest BCUT2D eigenvalue weighted by Gasteiger charge is -2.06. The number of hydrogen-bond acceptors (Lipinski definition) is 3. The number of benzene rings is 1. The molecule has 0 saturated heterocycles. The number of pyridine rings is 1. The number of aromatic nitrogens is 3. The lowest BCUT2D eigenvalue weighted by Crippen LogP contribution is -2.12. The highest BCUT2D eigenvalue weighted by Crippen LogP contribution is 2.18. The standard InChI is InChI=1S/C13H9BrN4O2/c14-11-8(2-1-5-15-11)12(19)16-7-3-4-9-10(6-7)18-13(20)17-9/h1-6H,(H,16,19)(H2,17,18,20). The number of nitrogens with zero attached hydrogens (tertiary/aromatic N) is 1. The van der Waals surface area contributed by atoms with Crippen LogP contribution in [-0.2, 0) is 0 Å². The van der Waals surface area contributed by atoms with Gasteiger partial charge < -0.3 is 15.3 Å². The Bertz CT molecular complexity index is 853. The molecule has 0 fully saturated rings. The highest BCUT2D eigenvalue weighted by molar-refractivity contribution is 9.10. The molecule has 6 nitrogen and oxygen atoms in total. The summed E-state index contributed by atoms with van der Waals surface area (Å²) in [4.78, 5) is 32.6. The molecule has 100 valence electrons. The van der Waals surface area contributed by atoms with Crippen LogP contribution in [0.15, 0.2) is 45.9 Å². The van der Waals surface area contributed by atoms with Gasteiger partial charge >= 0.3 is 5.69 Å². The molecular formula is C13H9BrN4O2. The van der Waals surface area contributed by atoms with Crippen LogP contribution in [0.4, 0.5) is 5.69 Å². The first-order valence-electron chi connectivity index (χ1n) is 5.77. The van der Waals surface area contributed by atoms with E-state index in [9.17, 15) is 9.59 Å². The smallest absolute Gasteiger partial charge is 0.322 e. The maximum atomic E-state index is 12.1. The second-order valence-corrected chi connectivity index (χ2v) is 4.89. The van der Waals surface area contributed by atoms with Crippen molar-refractivity contribution < 1.29 is 4.79 Å². The van der Waals surface area contributed by atoms with Gasteiger partial charge in [-0.2, -0.15) is 0 Å². The summed E-state index contributed by atoms with van der Waals surface area (Å²) in [7, 11) is 0. The van der Waals surface area contributed by atoms with Crippen LogP contribution >= 0.6 is 15.9 Å². The number of hydrogen-bond donors (Lipinski definition) is 3. The Morgan fingerprint density at radius 3 is 2.80 bits per heavy atom. The van der Waals surface area contributed by atoms with Crippen molar-refractivity contribution in [3.8, 4) is 0 Å². The number of carbonyl (C=O) groups excluding carboxylic acids is 1. The van der Waals surface area contributed by atoms with E-state index in [1.807, 2.05) is 0 Å². The second-order valence-electron chi connectivity index (χ2n) is 4.14. The maximum Gasteiger partial charge on any atom is 0.323 e. The summed E-state index contributed by atoms with van der Waals surface area (Å²) in [6, 6.07) is 8.49. The third-order valence-corrected chi connectivity index (χ3v) is 3.41. The summed E-state index contributed by atoms with van der Waals surface area (Å²) in [6.07, 6.45) is 1.59. The number of aromatic amines is 2. The number of imidazole rings is 1. The van der Waals surface area contributed by atoms with Crippen molar-refractivity contribution in [2.75, 3.05) is 5.32 Å². The fourth-order valence-electron chi connectivity index (χ4n) is 1.86. The van der Waals surface area contributed by atoms with Crippen molar-refractivity contribution in [2.45, 2.75) is 0 Å². The van der Waals surface area contributed by atoms with E-state index in [-0.39, 0.29) is 11.6 Å². The highest BCUT2D eigenvalue weighted by atomic mass is 79.9. The quantitative estimate of drug-likeness (QED) is 0.628. The summed E-state index contributed by atoms with van der Waals surface area (Å²) in [5.74, 6) is -0.276. The normalized spacial score (nSPS) is 10.7. The predicted octanol–water partition coefficient (Wildman–Crippen LogP) is 2.27.